The van der Waals surface area contributed by atoms with Crippen LogP contribution in [0.1, 0.15) is 6.42 Å². The molecule has 0 aliphatic carbocycles. The summed E-state index contributed by atoms with van der Waals surface area (Å²) >= 11 is 0. The van der Waals surface area contributed by atoms with Crippen LogP contribution >= 0.6 is 0 Å². The number of rotatable bonds is 7. The van der Waals surface area contributed by atoms with Crippen molar-refractivity contribution in [3.63, 3.8) is 0 Å². The van der Waals surface area contributed by atoms with E-state index in [2.05, 4.69) is 17.2 Å². The Hall–Kier alpha value is -0.910. The highest BCUT2D eigenvalue weighted by Gasteiger charge is 2.35. The fourth-order valence-corrected chi connectivity index (χ4v) is 1.57. The van der Waals surface area contributed by atoms with Crippen LogP contribution in [-0.4, -0.2) is 51.5 Å². The smallest absolute Gasteiger partial charge is 0.234 e. The van der Waals surface area contributed by atoms with Crippen molar-refractivity contribution in [2.75, 3.05) is 40.0 Å². The average Bonchev–Trinajstić information content (AvgIpc) is 2.76. The summed E-state index contributed by atoms with van der Waals surface area (Å²) in [6, 6.07) is 0. The third-order valence-electron chi connectivity index (χ3n) is 2.68. The van der Waals surface area contributed by atoms with Crippen molar-refractivity contribution in [1.29, 1.82) is 0 Å². The van der Waals surface area contributed by atoms with Crippen molar-refractivity contribution in [1.82, 2.24) is 10.6 Å². The lowest BCUT2D eigenvalue weighted by Crippen LogP contribution is -2.47. The van der Waals surface area contributed by atoms with Gasteiger partial charge in [-0.05, 0) is 0 Å². The van der Waals surface area contributed by atoms with E-state index in [0.717, 1.165) is 6.42 Å². The molecule has 1 heterocycles. The summed E-state index contributed by atoms with van der Waals surface area (Å²) < 4.78 is 10.7. The van der Waals surface area contributed by atoms with Crippen molar-refractivity contribution >= 4 is 5.91 Å². The van der Waals surface area contributed by atoms with E-state index in [-0.39, 0.29) is 11.5 Å². The summed E-state index contributed by atoms with van der Waals surface area (Å²) in [6.45, 7) is 6.23. The largest absolute Gasteiger partial charge is 0.378 e. The van der Waals surface area contributed by atoms with Crippen molar-refractivity contribution in [2.45, 2.75) is 12.0 Å². The molecule has 5 heteroatoms. The molecule has 2 N–H and O–H groups in total. The topological polar surface area (TPSA) is 59.6 Å². The van der Waals surface area contributed by atoms with Gasteiger partial charge in [-0.2, -0.15) is 0 Å². The van der Waals surface area contributed by atoms with E-state index >= 15 is 0 Å². The molecule has 0 radical (unpaired) electrons. The molecule has 1 unspecified atom stereocenters. The van der Waals surface area contributed by atoms with Crippen molar-refractivity contribution < 1.29 is 14.3 Å². The Kier molecular flexibility index (Phi) is 5.45. The number of hydrogen-bond acceptors (Lipinski definition) is 4. The second-order valence-electron chi connectivity index (χ2n) is 3.89. The molecule has 0 bridgehead atoms. The van der Waals surface area contributed by atoms with Crippen LogP contribution in [0.3, 0.4) is 0 Å². The maximum absolute atomic E-state index is 11.4. The minimum absolute atomic E-state index is 0.0369. The van der Waals surface area contributed by atoms with Crippen molar-refractivity contribution in [2.24, 2.45) is 0 Å². The number of hydrogen-bond donors (Lipinski definition) is 2. The summed E-state index contributed by atoms with van der Waals surface area (Å²) in [5.41, 5.74) is -0.339. The molecule has 0 saturated carbocycles. The zero-order valence-electron chi connectivity index (χ0n) is 9.75. The van der Waals surface area contributed by atoms with Crippen LogP contribution in [0.5, 0.6) is 0 Å². The van der Waals surface area contributed by atoms with Gasteiger partial charge in [0.15, 0.2) is 0 Å². The fourth-order valence-electron chi connectivity index (χ4n) is 1.57. The van der Waals surface area contributed by atoms with Gasteiger partial charge in [0.2, 0.25) is 5.91 Å². The molecule has 92 valence electrons. The van der Waals surface area contributed by atoms with Crippen molar-refractivity contribution in [3.05, 3.63) is 12.7 Å². The molecule has 1 atom stereocenters. The first-order valence-corrected chi connectivity index (χ1v) is 5.44. The lowest BCUT2D eigenvalue weighted by molar-refractivity contribution is -0.121. The summed E-state index contributed by atoms with van der Waals surface area (Å²) in [5, 5.41) is 5.77. The number of methoxy groups -OCH3 is 1. The molecule has 0 aromatic carbocycles. The van der Waals surface area contributed by atoms with Crippen LogP contribution in [0, 0.1) is 0 Å². The molecule has 1 saturated heterocycles. The minimum atomic E-state index is -0.339. The first-order chi connectivity index (χ1) is 7.72. The highest BCUT2D eigenvalue weighted by molar-refractivity contribution is 5.78. The molecule has 1 rings (SSSR count). The summed E-state index contributed by atoms with van der Waals surface area (Å²) in [6.07, 6.45) is 2.54. The molecule has 0 aromatic heterocycles. The first-order valence-electron chi connectivity index (χ1n) is 5.44. The number of carbonyl (C=O) groups excluding carboxylic acids is 1. The Balaban J connectivity index is 2.21. The molecule has 1 amide bonds. The van der Waals surface area contributed by atoms with Crippen LogP contribution < -0.4 is 10.6 Å². The van der Waals surface area contributed by atoms with Crippen LogP contribution in [0.15, 0.2) is 12.7 Å². The molecular formula is C11H20N2O3. The quantitative estimate of drug-likeness (QED) is 0.463. The Morgan fingerprint density at radius 3 is 3.06 bits per heavy atom. The number of nitrogens with one attached hydrogen (secondary N) is 2. The van der Waals surface area contributed by atoms with Gasteiger partial charge in [-0.3, -0.25) is 4.79 Å². The van der Waals surface area contributed by atoms with Crippen LogP contribution in [0.2, 0.25) is 0 Å². The second kappa shape index (κ2) is 6.62. The third-order valence-corrected chi connectivity index (χ3v) is 2.68. The molecule has 0 spiro atoms. The van der Waals surface area contributed by atoms with E-state index in [1.165, 1.54) is 0 Å². The van der Waals surface area contributed by atoms with E-state index in [9.17, 15) is 4.79 Å². The van der Waals surface area contributed by atoms with Crippen LogP contribution in [-0.2, 0) is 14.3 Å². The van der Waals surface area contributed by atoms with Gasteiger partial charge < -0.3 is 20.1 Å². The lowest BCUT2D eigenvalue weighted by atomic mass is 10.0. The predicted octanol–water partition coefficient (Wildman–Crippen LogP) is -0.316. The monoisotopic (exact) mass is 228 g/mol. The highest BCUT2D eigenvalue weighted by atomic mass is 16.5. The van der Waals surface area contributed by atoms with E-state index in [0.29, 0.717) is 32.8 Å². The normalized spacial score (nSPS) is 24.3. The van der Waals surface area contributed by atoms with E-state index in [4.69, 9.17) is 9.47 Å². The van der Waals surface area contributed by atoms with Gasteiger partial charge in [-0.25, -0.2) is 0 Å². The van der Waals surface area contributed by atoms with Crippen LogP contribution in [0.25, 0.3) is 0 Å². The molecule has 16 heavy (non-hydrogen) atoms. The summed E-state index contributed by atoms with van der Waals surface area (Å²) in [7, 11) is 1.65. The zero-order chi connectivity index (χ0) is 11.9. The van der Waals surface area contributed by atoms with Gasteiger partial charge in [0, 0.05) is 33.2 Å². The van der Waals surface area contributed by atoms with E-state index in [1.54, 1.807) is 13.2 Å². The molecule has 0 aromatic rings. The number of carbonyl (C=O) groups is 1. The molecule has 1 fully saturated rings. The predicted molar refractivity (Wildman–Crippen MR) is 61.3 cm³/mol. The molecule has 5 nitrogen and oxygen atoms in total. The van der Waals surface area contributed by atoms with Crippen LogP contribution in [0.4, 0.5) is 0 Å². The standard InChI is InChI=1S/C11H20N2O3/c1-3-5-12-7-10(14)13-8-11(15-2)4-6-16-9-11/h3,12H,1,4-9H2,2H3,(H,13,14). The number of amides is 1. The van der Waals surface area contributed by atoms with E-state index < -0.39 is 0 Å². The Morgan fingerprint density at radius 1 is 1.69 bits per heavy atom. The Labute approximate surface area is 96.2 Å². The maximum atomic E-state index is 11.4. The van der Waals surface area contributed by atoms with Gasteiger partial charge in [0.25, 0.3) is 0 Å². The first kappa shape index (κ1) is 13.2. The van der Waals surface area contributed by atoms with Gasteiger partial charge in [-0.15, -0.1) is 6.58 Å². The van der Waals surface area contributed by atoms with Gasteiger partial charge in [-0.1, -0.05) is 6.08 Å². The van der Waals surface area contributed by atoms with Crippen molar-refractivity contribution in [3.8, 4) is 0 Å². The number of ether oxygens (including phenoxy) is 2. The molecule has 1 aliphatic heterocycles. The zero-order valence-corrected chi connectivity index (χ0v) is 9.75. The average molecular weight is 228 g/mol. The second-order valence-corrected chi connectivity index (χ2v) is 3.89. The minimum Gasteiger partial charge on any atom is -0.378 e. The fraction of sp³-hybridized carbons (Fsp3) is 0.727. The third kappa shape index (κ3) is 3.92. The molecule has 1 aliphatic rings. The Morgan fingerprint density at radius 2 is 2.50 bits per heavy atom. The molecular weight excluding hydrogens is 208 g/mol. The van der Waals surface area contributed by atoms with Gasteiger partial charge in [0.05, 0.1) is 13.2 Å². The maximum Gasteiger partial charge on any atom is 0.234 e. The lowest BCUT2D eigenvalue weighted by Gasteiger charge is -2.25. The van der Waals surface area contributed by atoms with Gasteiger partial charge >= 0.3 is 0 Å². The summed E-state index contributed by atoms with van der Waals surface area (Å²) in [4.78, 5) is 11.4. The SMILES string of the molecule is C=CCNCC(=O)NCC1(OC)CCOC1. The summed E-state index contributed by atoms with van der Waals surface area (Å²) in [5.74, 6) is -0.0369. The highest BCUT2D eigenvalue weighted by Crippen LogP contribution is 2.21. The van der Waals surface area contributed by atoms with E-state index in [1.807, 2.05) is 0 Å². The van der Waals surface area contributed by atoms with Gasteiger partial charge in [0.1, 0.15) is 5.60 Å². The Bertz CT molecular complexity index is 237.